The van der Waals surface area contributed by atoms with Crippen LogP contribution in [0.1, 0.15) is 5.69 Å². The third kappa shape index (κ3) is 3.16. The summed E-state index contributed by atoms with van der Waals surface area (Å²) in [6, 6.07) is 8.38. The molecule has 10 heteroatoms. The molecular formula is C21H25N5O4S. The second kappa shape index (κ2) is 7.32. The maximum absolute atomic E-state index is 12.6. The molecule has 2 N–H and O–H groups in total. The third-order valence-corrected chi connectivity index (χ3v) is 7.95. The number of aliphatic hydroxyl groups excluding tert-OH is 1. The number of ether oxygens (including phenoxy) is 2. The standard InChI is InChI=1S/C21H25N5O4S/c27-11-21(12-29-13-21)24-19-18-15(5-8-31(18)28)22-20(23-19)25-6-7-26-14(9-25)10-30-17-4-2-1-3-16(17)26/h1-4,14,27H,5-13H2,(H,22,23,24). The van der Waals surface area contributed by atoms with Crippen molar-refractivity contribution in [3.05, 3.63) is 30.0 Å². The van der Waals surface area contributed by atoms with E-state index in [0.29, 0.717) is 48.7 Å². The van der Waals surface area contributed by atoms with Gasteiger partial charge in [-0.2, -0.15) is 4.98 Å². The zero-order valence-corrected chi connectivity index (χ0v) is 17.9. The van der Waals surface area contributed by atoms with E-state index in [9.17, 15) is 9.32 Å². The quantitative estimate of drug-likeness (QED) is 0.696. The van der Waals surface area contributed by atoms with Crippen LogP contribution >= 0.6 is 0 Å². The average molecular weight is 444 g/mol. The minimum atomic E-state index is -1.13. The molecular weight excluding hydrogens is 418 g/mol. The van der Waals surface area contributed by atoms with Crippen molar-refractivity contribution in [2.45, 2.75) is 22.9 Å². The van der Waals surface area contributed by atoms with Crippen molar-refractivity contribution in [3.8, 4) is 5.75 Å². The number of piperazine rings is 1. The molecule has 4 aliphatic heterocycles. The van der Waals surface area contributed by atoms with Gasteiger partial charge in [-0.1, -0.05) is 12.1 Å². The van der Waals surface area contributed by atoms with Gasteiger partial charge < -0.3 is 29.7 Å². The topological polar surface area (TPSA) is 100 Å². The molecule has 2 aromatic rings. The molecule has 0 spiro atoms. The van der Waals surface area contributed by atoms with Crippen LogP contribution in [-0.4, -0.2) is 82.7 Å². The van der Waals surface area contributed by atoms with Crippen molar-refractivity contribution in [3.63, 3.8) is 0 Å². The van der Waals surface area contributed by atoms with E-state index in [-0.39, 0.29) is 12.6 Å². The lowest BCUT2D eigenvalue weighted by Crippen LogP contribution is -2.59. The third-order valence-electron chi connectivity index (χ3n) is 6.49. The van der Waals surface area contributed by atoms with Crippen LogP contribution in [0.15, 0.2) is 29.2 Å². The van der Waals surface area contributed by atoms with Crippen molar-refractivity contribution in [1.29, 1.82) is 0 Å². The lowest BCUT2D eigenvalue weighted by Gasteiger charge is -2.45. The van der Waals surface area contributed by atoms with E-state index in [4.69, 9.17) is 19.4 Å². The van der Waals surface area contributed by atoms with Gasteiger partial charge in [-0.05, 0) is 12.1 Å². The number of para-hydroxylation sites is 2. The molecule has 6 rings (SSSR count). The number of aliphatic hydroxyl groups is 1. The highest BCUT2D eigenvalue weighted by Crippen LogP contribution is 2.37. The average Bonchev–Trinajstić information content (AvgIpc) is 3.16. The van der Waals surface area contributed by atoms with Crippen LogP contribution in [0.3, 0.4) is 0 Å². The summed E-state index contributed by atoms with van der Waals surface area (Å²) in [4.78, 5) is 14.9. The molecule has 2 atom stereocenters. The molecule has 2 unspecified atom stereocenters. The first kappa shape index (κ1) is 19.3. The van der Waals surface area contributed by atoms with Gasteiger partial charge in [-0.3, -0.25) is 4.21 Å². The number of aromatic nitrogens is 2. The fourth-order valence-corrected chi connectivity index (χ4v) is 6.02. The molecule has 31 heavy (non-hydrogen) atoms. The van der Waals surface area contributed by atoms with Gasteiger partial charge in [-0.15, -0.1) is 0 Å². The SMILES string of the molecule is O=S1CCc2nc(N3CCN4c5ccccc5OCC4C3)nc(NC3(CO)COC3)c21. The molecule has 1 aromatic heterocycles. The summed E-state index contributed by atoms with van der Waals surface area (Å²) in [6.45, 7) is 3.77. The first-order valence-electron chi connectivity index (χ1n) is 10.7. The van der Waals surface area contributed by atoms with Crippen molar-refractivity contribution in [2.75, 3.05) is 66.9 Å². The van der Waals surface area contributed by atoms with E-state index in [0.717, 1.165) is 36.8 Å². The van der Waals surface area contributed by atoms with Crippen LogP contribution in [-0.2, 0) is 22.0 Å². The Morgan fingerprint density at radius 3 is 2.94 bits per heavy atom. The van der Waals surface area contributed by atoms with E-state index >= 15 is 0 Å². The molecule has 0 amide bonds. The first-order chi connectivity index (χ1) is 15.2. The molecule has 1 aromatic carbocycles. The van der Waals surface area contributed by atoms with Gasteiger partial charge >= 0.3 is 0 Å². The van der Waals surface area contributed by atoms with Crippen molar-refractivity contribution < 1.29 is 18.8 Å². The minimum absolute atomic E-state index is 0.0642. The van der Waals surface area contributed by atoms with Gasteiger partial charge in [0, 0.05) is 31.8 Å². The largest absolute Gasteiger partial charge is 0.489 e. The number of nitrogens with one attached hydrogen (secondary N) is 1. The summed E-state index contributed by atoms with van der Waals surface area (Å²) in [7, 11) is -1.13. The predicted molar refractivity (Wildman–Crippen MR) is 117 cm³/mol. The van der Waals surface area contributed by atoms with Crippen LogP contribution in [0.4, 0.5) is 17.5 Å². The second-order valence-electron chi connectivity index (χ2n) is 8.58. The van der Waals surface area contributed by atoms with Gasteiger partial charge in [0.1, 0.15) is 28.6 Å². The molecule has 0 saturated carbocycles. The smallest absolute Gasteiger partial charge is 0.227 e. The summed E-state index contributed by atoms with van der Waals surface area (Å²) in [5, 5.41) is 13.2. The Labute approximate surface area is 182 Å². The number of hydrogen-bond donors (Lipinski definition) is 2. The molecule has 2 fully saturated rings. The lowest BCUT2D eigenvalue weighted by molar-refractivity contribution is -0.0653. The van der Waals surface area contributed by atoms with E-state index in [1.165, 1.54) is 0 Å². The zero-order valence-electron chi connectivity index (χ0n) is 17.1. The number of anilines is 3. The number of aryl methyl sites for hydroxylation is 1. The van der Waals surface area contributed by atoms with Crippen molar-refractivity contribution >= 4 is 28.3 Å². The van der Waals surface area contributed by atoms with Gasteiger partial charge in [0.25, 0.3) is 0 Å². The summed E-state index contributed by atoms with van der Waals surface area (Å²) in [5.74, 6) is 2.71. The lowest BCUT2D eigenvalue weighted by atomic mass is 9.99. The Hall–Kier alpha value is -2.43. The van der Waals surface area contributed by atoms with Crippen LogP contribution in [0.2, 0.25) is 0 Å². The fraction of sp³-hybridized carbons (Fsp3) is 0.524. The Morgan fingerprint density at radius 2 is 2.13 bits per heavy atom. The number of fused-ring (bicyclic) bond motifs is 4. The van der Waals surface area contributed by atoms with Gasteiger partial charge in [0.15, 0.2) is 0 Å². The van der Waals surface area contributed by atoms with Gasteiger partial charge in [-0.25, -0.2) is 4.98 Å². The van der Waals surface area contributed by atoms with Gasteiger partial charge in [0.2, 0.25) is 5.95 Å². The van der Waals surface area contributed by atoms with Crippen LogP contribution in [0.5, 0.6) is 5.75 Å². The minimum Gasteiger partial charge on any atom is -0.489 e. The molecule has 0 radical (unpaired) electrons. The predicted octanol–water partition coefficient (Wildman–Crippen LogP) is 0.401. The molecule has 0 bridgehead atoms. The number of nitrogens with zero attached hydrogens (tertiary/aromatic N) is 4. The Kier molecular flexibility index (Phi) is 4.55. The Morgan fingerprint density at radius 1 is 1.26 bits per heavy atom. The molecule has 5 heterocycles. The molecule has 9 nitrogen and oxygen atoms in total. The van der Waals surface area contributed by atoms with Crippen molar-refractivity contribution in [1.82, 2.24) is 9.97 Å². The highest BCUT2D eigenvalue weighted by atomic mass is 32.2. The Bertz CT molecular complexity index is 1040. The summed E-state index contributed by atoms with van der Waals surface area (Å²) >= 11 is 0. The molecule has 4 aliphatic rings. The van der Waals surface area contributed by atoms with E-state index in [2.05, 4.69) is 21.2 Å². The molecule has 0 aliphatic carbocycles. The summed E-state index contributed by atoms with van der Waals surface area (Å²) < 4.78 is 23.9. The van der Waals surface area contributed by atoms with Crippen LogP contribution in [0.25, 0.3) is 0 Å². The zero-order chi connectivity index (χ0) is 21.0. The van der Waals surface area contributed by atoms with E-state index in [1.54, 1.807) is 0 Å². The maximum Gasteiger partial charge on any atom is 0.227 e. The number of hydrogen-bond acceptors (Lipinski definition) is 9. The normalized spacial score (nSPS) is 25.7. The highest BCUT2D eigenvalue weighted by molar-refractivity contribution is 7.85. The summed E-state index contributed by atoms with van der Waals surface area (Å²) in [6.07, 6.45) is 0.675. The fourth-order valence-electron chi connectivity index (χ4n) is 4.71. The monoisotopic (exact) mass is 443 g/mol. The van der Waals surface area contributed by atoms with Crippen LogP contribution < -0.4 is 19.9 Å². The second-order valence-corrected chi connectivity index (χ2v) is 10.1. The first-order valence-corrected chi connectivity index (χ1v) is 12.0. The Balaban J connectivity index is 1.30. The number of benzene rings is 1. The van der Waals surface area contributed by atoms with Gasteiger partial charge in [0.05, 0.1) is 48.0 Å². The van der Waals surface area contributed by atoms with Crippen molar-refractivity contribution in [2.24, 2.45) is 0 Å². The molecule has 2 saturated heterocycles. The molecule has 164 valence electrons. The van der Waals surface area contributed by atoms with E-state index < -0.39 is 16.3 Å². The summed E-state index contributed by atoms with van der Waals surface area (Å²) in [5.41, 5.74) is 1.42. The van der Waals surface area contributed by atoms with E-state index in [1.807, 2.05) is 18.2 Å². The number of rotatable bonds is 4. The van der Waals surface area contributed by atoms with Crippen LogP contribution in [0, 0.1) is 0 Å². The maximum atomic E-state index is 12.6. The highest BCUT2D eigenvalue weighted by Gasteiger charge is 2.41.